The number of methoxy groups -OCH3 is 1. The predicted octanol–water partition coefficient (Wildman–Crippen LogP) is 2.79. The van der Waals surface area contributed by atoms with Crippen molar-refractivity contribution >= 4 is 0 Å². The van der Waals surface area contributed by atoms with Gasteiger partial charge in [-0.3, -0.25) is 0 Å². The lowest BCUT2D eigenvalue weighted by molar-refractivity contribution is 0.414. The zero-order chi connectivity index (χ0) is 12.8. The van der Waals surface area contributed by atoms with Crippen molar-refractivity contribution in [3.63, 3.8) is 0 Å². The minimum absolute atomic E-state index is 0.706. The predicted molar refractivity (Wildman–Crippen MR) is 75.0 cm³/mol. The molecule has 0 aromatic heterocycles. The molecule has 0 aliphatic carbocycles. The van der Waals surface area contributed by atoms with Crippen molar-refractivity contribution in [2.45, 2.75) is 12.8 Å². The molecule has 2 rings (SSSR count). The molecule has 0 amide bonds. The highest BCUT2D eigenvalue weighted by Crippen LogP contribution is 2.15. The van der Waals surface area contributed by atoms with Crippen LogP contribution < -0.4 is 10.5 Å². The van der Waals surface area contributed by atoms with E-state index in [0.717, 1.165) is 18.6 Å². The summed E-state index contributed by atoms with van der Waals surface area (Å²) in [6.07, 6.45) is 1.90. The summed E-state index contributed by atoms with van der Waals surface area (Å²) < 4.78 is 5.15. The fourth-order valence-electron chi connectivity index (χ4n) is 1.97. The second kappa shape index (κ2) is 6.22. The van der Waals surface area contributed by atoms with Crippen LogP contribution in [0.2, 0.25) is 0 Å². The maximum Gasteiger partial charge on any atom is 0.118 e. The van der Waals surface area contributed by atoms with Crippen LogP contribution in [0.1, 0.15) is 16.7 Å². The van der Waals surface area contributed by atoms with Crippen molar-refractivity contribution < 1.29 is 4.74 Å². The molecule has 0 bridgehead atoms. The van der Waals surface area contributed by atoms with Crippen molar-refractivity contribution in [3.05, 3.63) is 65.2 Å². The lowest BCUT2D eigenvalue weighted by Gasteiger charge is -2.05. The minimum atomic E-state index is 0.706. The van der Waals surface area contributed by atoms with Gasteiger partial charge in [0.15, 0.2) is 0 Å². The Morgan fingerprint density at radius 3 is 1.83 bits per heavy atom. The number of nitrogens with two attached hydrogens (primary N) is 1. The molecule has 0 aliphatic heterocycles. The normalized spacial score (nSPS) is 10.3. The van der Waals surface area contributed by atoms with Crippen LogP contribution in [-0.2, 0) is 12.8 Å². The molecule has 0 saturated carbocycles. The number of ether oxygens (including phenoxy) is 1. The van der Waals surface area contributed by atoms with Crippen LogP contribution in [-0.4, -0.2) is 13.7 Å². The minimum Gasteiger partial charge on any atom is -0.497 e. The van der Waals surface area contributed by atoms with Crippen LogP contribution >= 0.6 is 0 Å². The van der Waals surface area contributed by atoms with Gasteiger partial charge in [0.05, 0.1) is 7.11 Å². The molecular formula is C16H19NO. The lowest BCUT2D eigenvalue weighted by atomic mass is 10.0. The molecule has 0 fully saturated rings. The molecule has 0 unspecified atom stereocenters. The van der Waals surface area contributed by atoms with E-state index in [1.807, 2.05) is 12.1 Å². The van der Waals surface area contributed by atoms with Crippen LogP contribution in [0.5, 0.6) is 5.75 Å². The largest absolute Gasteiger partial charge is 0.497 e. The van der Waals surface area contributed by atoms with Crippen molar-refractivity contribution in [3.8, 4) is 5.75 Å². The SMILES string of the molecule is COc1ccc(Cc2ccc(CCN)cc2)cc1. The van der Waals surface area contributed by atoms with E-state index in [1.165, 1.54) is 16.7 Å². The Labute approximate surface area is 108 Å². The Morgan fingerprint density at radius 2 is 1.33 bits per heavy atom. The topological polar surface area (TPSA) is 35.2 Å². The highest BCUT2D eigenvalue weighted by Gasteiger charge is 1.98. The van der Waals surface area contributed by atoms with E-state index in [2.05, 4.69) is 36.4 Å². The van der Waals surface area contributed by atoms with Gasteiger partial charge in [0.25, 0.3) is 0 Å². The van der Waals surface area contributed by atoms with Crippen LogP contribution in [0.3, 0.4) is 0 Å². The van der Waals surface area contributed by atoms with Crippen molar-refractivity contribution in [1.29, 1.82) is 0 Å². The second-order valence-corrected chi connectivity index (χ2v) is 4.38. The van der Waals surface area contributed by atoms with Gasteiger partial charge in [0, 0.05) is 0 Å². The molecule has 2 aromatic carbocycles. The second-order valence-electron chi connectivity index (χ2n) is 4.38. The first-order valence-corrected chi connectivity index (χ1v) is 6.22. The third-order valence-corrected chi connectivity index (χ3v) is 3.02. The average molecular weight is 241 g/mol. The molecule has 18 heavy (non-hydrogen) atoms. The zero-order valence-electron chi connectivity index (χ0n) is 10.7. The van der Waals surface area contributed by atoms with Crippen LogP contribution in [0.15, 0.2) is 48.5 Å². The van der Waals surface area contributed by atoms with Gasteiger partial charge in [-0.1, -0.05) is 36.4 Å². The lowest BCUT2D eigenvalue weighted by Crippen LogP contribution is -2.02. The number of rotatable bonds is 5. The molecule has 0 spiro atoms. The van der Waals surface area contributed by atoms with Crippen LogP contribution in [0.25, 0.3) is 0 Å². The summed E-state index contributed by atoms with van der Waals surface area (Å²) in [6.45, 7) is 0.706. The van der Waals surface area contributed by atoms with Crippen molar-refractivity contribution in [2.75, 3.05) is 13.7 Å². The molecule has 0 saturated heterocycles. The smallest absolute Gasteiger partial charge is 0.118 e. The van der Waals surface area contributed by atoms with Gasteiger partial charge in [0.2, 0.25) is 0 Å². The maximum absolute atomic E-state index is 5.54. The Kier molecular flexibility index (Phi) is 4.37. The molecule has 0 radical (unpaired) electrons. The van der Waals surface area contributed by atoms with Crippen molar-refractivity contribution in [2.24, 2.45) is 5.73 Å². The van der Waals surface area contributed by atoms with E-state index in [9.17, 15) is 0 Å². The molecular weight excluding hydrogens is 222 g/mol. The Balaban J connectivity index is 2.03. The maximum atomic E-state index is 5.54. The third kappa shape index (κ3) is 3.34. The van der Waals surface area contributed by atoms with E-state index >= 15 is 0 Å². The molecule has 2 nitrogen and oxygen atoms in total. The fraction of sp³-hybridized carbons (Fsp3) is 0.250. The van der Waals surface area contributed by atoms with E-state index in [0.29, 0.717) is 6.54 Å². The molecule has 2 heteroatoms. The summed E-state index contributed by atoms with van der Waals surface area (Å²) in [5.74, 6) is 0.900. The third-order valence-electron chi connectivity index (χ3n) is 3.02. The number of hydrogen-bond donors (Lipinski definition) is 1. The van der Waals surface area contributed by atoms with Gasteiger partial charge in [-0.2, -0.15) is 0 Å². The van der Waals surface area contributed by atoms with E-state index in [1.54, 1.807) is 7.11 Å². The number of hydrogen-bond acceptors (Lipinski definition) is 2. The highest BCUT2D eigenvalue weighted by atomic mass is 16.5. The molecule has 0 heterocycles. The highest BCUT2D eigenvalue weighted by molar-refractivity contribution is 5.32. The van der Waals surface area contributed by atoms with Crippen molar-refractivity contribution in [1.82, 2.24) is 0 Å². The first-order valence-electron chi connectivity index (χ1n) is 6.22. The van der Waals surface area contributed by atoms with Gasteiger partial charge in [-0.25, -0.2) is 0 Å². The summed E-state index contributed by atoms with van der Waals surface area (Å²) in [7, 11) is 1.69. The quantitative estimate of drug-likeness (QED) is 0.873. The van der Waals surface area contributed by atoms with Crippen LogP contribution in [0, 0.1) is 0 Å². The molecule has 2 aromatic rings. The Morgan fingerprint density at radius 1 is 0.833 bits per heavy atom. The monoisotopic (exact) mass is 241 g/mol. The average Bonchev–Trinajstić information content (AvgIpc) is 2.42. The molecule has 0 atom stereocenters. The zero-order valence-corrected chi connectivity index (χ0v) is 10.7. The van der Waals surface area contributed by atoms with E-state index in [4.69, 9.17) is 10.5 Å². The fourth-order valence-corrected chi connectivity index (χ4v) is 1.97. The van der Waals surface area contributed by atoms with Gasteiger partial charge in [-0.05, 0) is 48.2 Å². The summed E-state index contributed by atoms with van der Waals surface area (Å²) in [6, 6.07) is 16.9. The molecule has 0 aliphatic rings. The molecule has 94 valence electrons. The Hall–Kier alpha value is -1.80. The van der Waals surface area contributed by atoms with E-state index < -0.39 is 0 Å². The van der Waals surface area contributed by atoms with Gasteiger partial charge < -0.3 is 10.5 Å². The first kappa shape index (κ1) is 12.7. The number of benzene rings is 2. The summed E-state index contributed by atoms with van der Waals surface area (Å²) in [5.41, 5.74) is 9.45. The summed E-state index contributed by atoms with van der Waals surface area (Å²) in [4.78, 5) is 0. The van der Waals surface area contributed by atoms with Crippen LogP contribution in [0.4, 0.5) is 0 Å². The summed E-state index contributed by atoms with van der Waals surface area (Å²) >= 11 is 0. The summed E-state index contributed by atoms with van der Waals surface area (Å²) in [5, 5.41) is 0. The molecule has 2 N–H and O–H groups in total. The Bertz CT molecular complexity index is 473. The van der Waals surface area contributed by atoms with Gasteiger partial charge >= 0.3 is 0 Å². The standard InChI is InChI=1S/C16H19NO/c1-18-16-8-6-15(7-9-16)12-14-4-2-13(3-5-14)10-11-17/h2-9H,10-12,17H2,1H3. The first-order chi connectivity index (χ1) is 8.81. The van der Waals surface area contributed by atoms with Gasteiger partial charge in [0.1, 0.15) is 5.75 Å². The van der Waals surface area contributed by atoms with E-state index in [-0.39, 0.29) is 0 Å². The van der Waals surface area contributed by atoms with Gasteiger partial charge in [-0.15, -0.1) is 0 Å².